The Balaban J connectivity index is 1.99. The average molecular weight is 423 g/mol. The lowest BCUT2D eigenvalue weighted by atomic mass is 10.1. The van der Waals surface area contributed by atoms with Gasteiger partial charge >= 0.3 is 0 Å². The number of halogens is 1. The van der Waals surface area contributed by atoms with Gasteiger partial charge in [-0.15, -0.1) is 0 Å². The number of sulfonamides is 1. The molecule has 1 aromatic heterocycles. The van der Waals surface area contributed by atoms with Gasteiger partial charge in [0.2, 0.25) is 10.0 Å². The molecule has 0 fully saturated rings. The largest absolute Gasteiger partial charge is 0.279 e. The molecule has 8 heteroatoms. The average Bonchev–Trinajstić information content (AvgIpc) is 2.75. The van der Waals surface area contributed by atoms with Crippen molar-refractivity contribution in [3.8, 4) is 16.9 Å². The summed E-state index contributed by atoms with van der Waals surface area (Å²) in [5.74, 6) is -0.422. The summed E-state index contributed by atoms with van der Waals surface area (Å²) in [6, 6.07) is 18.8. The third-order valence-electron chi connectivity index (χ3n) is 4.63. The monoisotopic (exact) mass is 423 g/mol. The first kappa shape index (κ1) is 19.9. The summed E-state index contributed by atoms with van der Waals surface area (Å²) in [5.41, 5.74) is 1.05. The van der Waals surface area contributed by atoms with E-state index in [2.05, 4.69) is 9.82 Å². The molecule has 4 rings (SSSR count). The molecule has 30 heavy (non-hydrogen) atoms. The SMILES string of the molecule is CCNS(=O)(=O)c1cccc(-c2nn(-c3ccc(F)cc3)c(=O)c3ccccc23)c1. The van der Waals surface area contributed by atoms with Gasteiger partial charge in [0.1, 0.15) is 5.82 Å². The second kappa shape index (κ2) is 7.81. The predicted molar refractivity (Wildman–Crippen MR) is 114 cm³/mol. The number of benzene rings is 3. The highest BCUT2D eigenvalue weighted by Crippen LogP contribution is 2.27. The summed E-state index contributed by atoms with van der Waals surface area (Å²) in [4.78, 5) is 13.1. The second-order valence-corrected chi connectivity index (χ2v) is 8.38. The third-order valence-corrected chi connectivity index (χ3v) is 6.17. The van der Waals surface area contributed by atoms with E-state index in [-0.39, 0.29) is 17.0 Å². The number of nitrogens with zero attached hydrogens (tertiary/aromatic N) is 2. The van der Waals surface area contributed by atoms with Crippen molar-refractivity contribution < 1.29 is 12.8 Å². The summed E-state index contributed by atoms with van der Waals surface area (Å²) in [6.07, 6.45) is 0. The molecule has 0 unspecified atom stereocenters. The van der Waals surface area contributed by atoms with Crippen LogP contribution in [0.3, 0.4) is 0 Å². The summed E-state index contributed by atoms with van der Waals surface area (Å²) in [7, 11) is -3.66. The molecule has 1 N–H and O–H groups in total. The molecule has 0 bridgehead atoms. The first-order valence-corrected chi connectivity index (χ1v) is 10.8. The molecular weight excluding hydrogens is 405 g/mol. The molecule has 0 atom stereocenters. The van der Waals surface area contributed by atoms with Crippen molar-refractivity contribution in [1.29, 1.82) is 0 Å². The van der Waals surface area contributed by atoms with Gasteiger partial charge in [0.05, 0.1) is 21.7 Å². The van der Waals surface area contributed by atoms with Gasteiger partial charge in [0.25, 0.3) is 5.56 Å². The Morgan fingerprint density at radius 1 is 0.967 bits per heavy atom. The molecule has 0 aliphatic carbocycles. The Bertz CT molecular complexity index is 1400. The van der Waals surface area contributed by atoms with Crippen LogP contribution >= 0.6 is 0 Å². The highest BCUT2D eigenvalue weighted by atomic mass is 32.2. The lowest BCUT2D eigenvalue weighted by Gasteiger charge is -2.12. The molecule has 0 radical (unpaired) electrons. The Morgan fingerprint density at radius 3 is 2.37 bits per heavy atom. The fourth-order valence-electron chi connectivity index (χ4n) is 3.24. The molecule has 3 aromatic carbocycles. The van der Waals surface area contributed by atoms with Crippen LogP contribution in [0.4, 0.5) is 4.39 Å². The van der Waals surface area contributed by atoms with Crippen LogP contribution in [-0.4, -0.2) is 24.7 Å². The van der Waals surface area contributed by atoms with Gasteiger partial charge in [-0.1, -0.05) is 37.3 Å². The van der Waals surface area contributed by atoms with E-state index in [1.165, 1.54) is 41.1 Å². The second-order valence-electron chi connectivity index (χ2n) is 6.62. The third kappa shape index (κ3) is 3.62. The normalized spacial score (nSPS) is 11.7. The minimum atomic E-state index is -3.66. The van der Waals surface area contributed by atoms with Gasteiger partial charge in [-0.3, -0.25) is 4.79 Å². The van der Waals surface area contributed by atoms with Gasteiger partial charge in [0, 0.05) is 17.5 Å². The Morgan fingerprint density at radius 2 is 1.67 bits per heavy atom. The van der Waals surface area contributed by atoms with Gasteiger partial charge in [-0.25, -0.2) is 17.5 Å². The van der Waals surface area contributed by atoms with Gasteiger partial charge in [0.15, 0.2) is 0 Å². The quantitative estimate of drug-likeness (QED) is 0.533. The Labute approximate surface area is 172 Å². The summed E-state index contributed by atoms with van der Waals surface area (Å²) in [5, 5.41) is 5.53. The van der Waals surface area contributed by atoms with Crippen molar-refractivity contribution in [2.45, 2.75) is 11.8 Å². The summed E-state index contributed by atoms with van der Waals surface area (Å²) in [6.45, 7) is 1.97. The van der Waals surface area contributed by atoms with E-state index in [0.29, 0.717) is 27.7 Å². The zero-order valence-corrected chi connectivity index (χ0v) is 16.9. The van der Waals surface area contributed by atoms with Crippen LogP contribution in [0, 0.1) is 5.82 Å². The molecule has 152 valence electrons. The fraction of sp³-hybridized carbons (Fsp3) is 0.0909. The van der Waals surface area contributed by atoms with Crippen molar-refractivity contribution in [2.75, 3.05) is 6.54 Å². The van der Waals surface area contributed by atoms with Crippen LogP contribution in [-0.2, 0) is 10.0 Å². The number of hydrogen-bond donors (Lipinski definition) is 1. The van der Waals surface area contributed by atoms with E-state index in [9.17, 15) is 17.6 Å². The fourth-order valence-corrected chi connectivity index (χ4v) is 4.33. The molecule has 0 spiro atoms. The minimum Gasteiger partial charge on any atom is -0.267 e. The van der Waals surface area contributed by atoms with Gasteiger partial charge in [-0.05, 0) is 42.5 Å². The number of rotatable bonds is 5. The molecule has 0 aliphatic heterocycles. The molecule has 6 nitrogen and oxygen atoms in total. The van der Waals surface area contributed by atoms with Crippen LogP contribution in [0.25, 0.3) is 27.7 Å². The van der Waals surface area contributed by atoms with Crippen LogP contribution in [0.15, 0.2) is 82.5 Å². The predicted octanol–water partition coefficient (Wildman–Crippen LogP) is 3.49. The van der Waals surface area contributed by atoms with Crippen LogP contribution < -0.4 is 10.3 Å². The number of hydrogen-bond acceptors (Lipinski definition) is 4. The Hall–Kier alpha value is -3.36. The molecule has 0 saturated heterocycles. The van der Waals surface area contributed by atoms with Crippen LogP contribution in [0.5, 0.6) is 0 Å². The van der Waals surface area contributed by atoms with Gasteiger partial charge in [-0.2, -0.15) is 9.78 Å². The first-order valence-electron chi connectivity index (χ1n) is 9.29. The molecule has 0 amide bonds. The highest BCUT2D eigenvalue weighted by molar-refractivity contribution is 7.89. The summed E-state index contributed by atoms with van der Waals surface area (Å²) < 4.78 is 41.9. The van der Waals surface area contributed by atoms with Crippen molar-refractivity contribution in [2.24, 2.45) is 0 Å². The molecule has 4 aromatic rings. The maximum atomic E-state index is 13.3. The zero-order valence-electron chi connectivity index (χ0n) is 16.0. The van der Waals surface area contributed by atoms with E-state index >= 15 is 0 Å². The highest BCUT2D eigenvalue weighted by Gasteiger charge is 2.17. The standard InChI is InChI=1S/C22H18FN3O3S/c1-2-24-30(28,29)18-7-5-6-15(14-18)21-19-8-3-4-9-20(19)22(27)26(25-21)17-12-10-16(23)11-13-17/h3-14,24H,2H2,1H3. The minimum absolute atomic E-state index is 0.104. The lowest BCUT2D eigenvalue weighted by molar-refractivity contribution is 0.584. The molecule has 0 saturated carbocycles. The maximum Gasteiger partial charge on any atom is 0.279 e. The summed E-state index contributed by atoms with van der Waals surface area (Å²) >= 11 is 0. The first-order chi connectivity index (χ1) is 14.4. The topological polar surface area (TPSA) is 81.1 Å². The number of aromatic nitrogens is 2. The van der Waals surface area contributed by atoms with E-state index < -0.39 is 15.8 Å². The van der Waals surface area contributed by atoms with Crippen molar-refractivity contribution >= 4 is 20.8 Å². The van der Waals surface area contributed by atoms with E-state index in [4.69, 9.17) is 0 Å². The number of fused-ring (bicyclic) bond motifs is 1. The van der Waals surface area contributed by atoms with E-state index in [1.807, 2.05) is 0 Å². The van der Waals surface area contributed by atoms with Crippen molar-refractivity contribution in [1.82, 2.24) is 14.5 Å². The van der Waals surface area contributed by atoms with Gasteiger partial charge < -0.3 is 0 Å². The maximum absolute atomic E-state index is 13.3. The van der Waals surface area contributed by atoms with Crippen LogP contribution in [0.2, 0.25) is 0 Å². The smallest absolute Gasteiger partial charge is 0.267 e. The van der Waals surface area contributed by atoms with E-state index in [1.54, 1.807) is 43.3 Å². The zero-order chi connectivity index (χ0) is 21.3. The molecular formula is C22H18FN3O3S. The van der Waals surface area contributed by atoms with Crippen molar-refractivity contribution in [3.05, 3.63) is 89.0 Å². The lowest BCUT2D eigenvalue weighted by Crippen LogP contribution is -2.23. The number of nitrogens with one attached hydrogen (secondary N) is 1. The Kier molecular flexibility index (Phi) is 5.19. The van der Waals surface area contributed by atoms with Crippen molar-refractivity contribution in [3.63, 3.8) is 0 Å². The van der Waals surface area contributed by atoms with E-state index in [0.717, 1.165) is 0 Å². The molecule has 1 heterocycles. The molecule has 0 aliphatic rings. The van der Waals surface area contributed by atoms with Crippen LogP contribution in [0.1, 0.15) is 6.92 Å².